The van der Waals surface area contributed by atoms with Crippen molar-refractivity contribution in [1.29, 1.82) is 0 Å². The van der Waals surface area contributed by atoms with Crippen LogP contribution in [0.5, 0.6) is 0 Å². The average molecular weight is 437 g/mol. The molecule has 4 aliphatic rings. The summed E-state index contributed by atoms with van der Waals surface area (Å²) in [7, 11) is -1.21. The van der Waals surface area contributed by atoms with Gasteiger partial charge in [0.2, 0.25) is 0 Å². The van der Waals surface area contributed by atoms with Gasteiger partial charge in [-0.1, -0.05) is 43.7 Å². The van der Waals surface area contributed by atoms with Crippen LogP contribution in [-0.2, 0) is 15.6 Å². The lowest BCUT2D eigenvalue weighted by Gasteiger charge is -2.53. The van der Waals surface area contributed by atoms with Crippen molar-refractivity contribution in [3.8, 4) is 0 Å². The monoisotopic (exact) mass is 436 g/mol. The van der Waals surface area contributed by atoms with E-state index in [1.807, 2.05) is 30.3 Å². The number of hydrogen-bond acceptors (Lipinski definition) is 2. The summed E-state index contributed by atoms with van der Waals surface area (Å²) >= 11 is 0. The molecule has 31 heavy (non-hydrogen) atoms. The number of hydrogen-bond donors (Lipinski definition) is 0. The van der Waals surface area contributed by atoms with Crippen molar-refractivity contribution in [3.63, 3.8) is 0 Å². The minimum atomic E-state index is -1.21. The van der Waals surface area contributed by atoms with Crippen molar-refractivity contribution >= 4 is 16.6 Å². The van der Waals surface area contributed by atoms with Crippen LogP contribution in [0.15, 0.2) is 75.2 Å². The molecular formula is C27H29FO2S. The predicted octanol–water partition coefficient (Wildman–Crippen LogP) is 6.23. The largest absolute Gasteiger partial charge is 0.295 e. The Bertz CT molecular complexity index is 1080. The standard InChI is InChI=1S/C27H29FO2S/c1-26-14-11-23-21(17-25(28)24-16-19(29)10-13-27(23,24)2)22(26)9-8-18(26)12-15-31(30)20-6-4-3-5-7-20/h3-7,11,15-16,21-22,25H,8-10,13-14,17H2,1-2H3/t12?,21-,22-,25-,26+,27+,31?/m0/s1. The van der Waals surface area contributed by atoms with Crippen LogP contribution in [0.3, 0.4) is 0 Å². The molecule has 5 rings (SSSR count). The second-order valence-electron chi connectivity index (χ2n) is 9.99. The number of carbonyl (C=O) groups excluding carboxylic acids is 1. The highest BCUT2D eigenvalue weighted by molar-refractivity contribution is 7.88. The third-order valence-corrected chi connectivity index (χ3v) is 9.49. The molecule has 0 amide bonds. The van der Waals surface area contributed by atoms with Gasteiger partial charge in [0.05, 0.1) is 10.8 Å². The van der Waals surface area contributed by atoms with Crippen LogP contribution in [0.4, 0.5) is 4.39 Å². The quantitative estimate of drug-likeness (QED) is 0.407. The van der Waals surface area contributed by atoms with E-state index >= 15 is 4.39 Å². The normalized spacial score (nSPS) is 37.6. The second-order valence-corrected chi connectivity index (χ2v) is 11.3. The zero-order valence-electron chi connectivity index (χ0n) is 18.2. The van der Waals surface area contributed by atoms with Gasteiger partial charge in [0, 0.05) is 27.6 Å². The van der Waals surface area contributed by atoms with Crippen molar-refractivity contribution in [3.05, 3.63) is 70.3 Å². The zero-order chi connectivity index (χ0) is 21.8. The van der Waals surface area contributed by atoms with Crippen LogP contribution in [-0.4, -0.2) is 16.2 Å². The Balaban J connectivity index is 1.49. The summed E-state index contributed by atoms with van der Waals surface area (Å²) < 4.78 is 28.0. The van der Waals surface area contributed by atoms with Crippen LogP contribution < -0.4 is 0 Å². The molecule has 0 bridgehead atoms. The summed E-state index contributed by atoms with van der Waals surface area (Å²) in [6.07, 6.45) is 7.48. The van der Waals surface area contributed by atoms with Gasteiger partial charge in [0.25, 0.3) is 0 Å². The number of allylic oxidation sites excluding steroid dienone is 5. The summed E-state index contributed by atoms with van der Waals surface area (Å²) in [5.74, 6) is 0.656. The SMILES string of the molecule is C[C@]12CCC(=O)C=C1[C@@H](F)C[C@@H]1C2=CC[C@]2(C)C(=C=CS(=O)c3ccccc3)CC[C@@H]12. The fraction of sp³-hybridized carbons (Fsp3) is 0.481. The van der Waals surface area contributed by atoms with E-state index in [0.29, 0.717) is 24.3 Å². The fourth-order valence-corrected chi connectivity index (χ4v) is 7.48. The Morgan fingerprint density at radius 1 is 1.16 bits per heavy atom. The highest BCUT2D eigenvalue weighted by Crippen LogP contribution is 2.64. The molecule has 4 heteroatoms. The molecule has 0 spiro atoms. The van der Waals surface area contributed by atoms with Gasteiger partial charge in [-0.05, 0) is 73.3 Å². The molecule has 162 valence electrons. The summed E-state index contributed by atoms with van der Waals surface area (Å²) in [5, 5.41) is 1.70. The van der Waals surface area contributed by atoms with E-state index in [1.165, 1.54) is 11.1 Å². The molecule has 0 aromatic heterocycles. The molecule has 0 saturated heterocycles. The summed E-state index contributed by atoms with van der Waals surface area (Å²) in [6, 6.07) is 9.46. The Morgan fingerprint density at radius 3 is 2.71 bits per heavy atom. The molecule has 4 aliphatic carbocycles. The lowest BCUT2D eigenvalue weighted by atomic mass is 9.51. The van der Waals surface area contributed by atoms with Gasteiger partial charge in [0.1, 0.15) is 6.17 Å². The number of halogens is 1. The molecule has 1 aromatic rings. The smallest absolute Gasteiger partial charge is 0.155 e. The number of ketones is 1. The molecule has 6 atom stereocenters. The van der Waals surface area contributed by atoms with E-state index in [9.17, 15) is 9.00 Å². The number of alkyl halides is 1. The molecule has 1 aromatic carbocycles. The van der Waals surface area contributed by atoms with Crippen LogP contribution >= 0.6 is 0 Å². The first-order valence-electron chi connectivity index (χ1n) is 11.3. The van der Waals surface area contributed by atoms with Crippen molar-refractivity contribution in [1.82, 2.24) is 0 Å². The maximum absolute atomic E-state index is 15.3. The molecule has 2 fully saturated rings. The van der Waals surface area contributed by atoms with Gasteiger partial charge in [-0.15, -0.1) is 5.73 Å². The number of fused-ring (bicyclic) bond motifs is 5. The van der Waals surface area contributed by atoms with Gasteiger partial charge >= 0.3 is 0 Å². The van der Waals surface area contributed by atoms with Crippen LogP contribution in [0.25, 0.3) is 0 Å². The molecule has 1 unspecified atom stereocenters. The summed E-state index contributed by atoms with van der Waals surface area (Å²) in [4.78, 5) is 12.8. The Hall–Kier alpha value is -2.03. The van der Waals surface area contributed by atoms with E-state index in [4.69, 9.17) is 0 Å². The molecule has 0 radical (unpaired) electrons. The third kappa shape index (κ3) is 3.27. The first kappa shape index (κ1) is 20.8. The Morgan fingerprint density at radius 2 is 1.94 bits per heavy atom. The summed E-state index contributed by atoms with van der Waals surface area (Å²) in [6.45, 7) is 4.43. The maximum atomic E-state index is 15.3. The molecule has 0 heterocycles. The first-order valence-corrected chi connectivity index (χ1v) is 12.6. The average Bonchev–Trinajstić information content (AvgIpc) is 3.10. The predicted molar refractivity (Wildman–Crippen MR) is 121 cm³/mol. The van der Waals surface area contributed by atoms with Crippen molar-refractivity contribution in [2.45, 2.75) is 63.4 Å². The van der Waals surface area contributed by atoms with Crippen molar-refractivity contribution in [2.24, 2.45) is 22.7 Å². The summed E-state index contributed by atoms with van der Waals surface area (Å²) in [5.41, 5.74) is 6.33. The van der Waals surface area contributed by atoms with E-state index in [-0.39, 0.29) is 22.5 Å². The van der Waals surface area contributed by atoms with Crippen LogP contribution in [0.2, 0.25) is 0 Å². The molecule has 2 saturated carbocycles. The van der Waals surface area contributed by atoms with E-state index in [1.54, 1.807) is 11.5 Å². The zero-order valence-corrected chi connectivity index (χ0v) is 19.0. The van der Waals surface area contributed by atoms with Crippen LogP contribution in [0, 0.1) is 22.7 Å². The molecule has 0 N–H and O–H groups in total. The topological polar surface area (TPSA) is 34.1 Å². The molecule has 0 aliphatic heterocycles. The number of benzene rings is 1. The van der Waals surface area contributed by atoms with E-state index in [0.717, 1.165) is 30.6 Å². The number of carbonyl (C=O) groups is 1. The fourth-order valence-electron chi connectivity index (χ4n) is 6.67. The van der Waals surface area contributed by atoms with E-state index in [2.05, 4.69) is 25.7 Å². The van der Waals surface area contributed by atoms with Gasteiger partial charge in [-0.25, -0.2) is 8.60 Å². The molecular weight excluding hydrogens is 407 g/mol. The maximum Gasteiger partial charge on any atom is 0.155 e. The minimum Gasteiger partial charge on any atom is -0.295 e. The van der Waals surface area contributed by atoms with Gasteiger partial charge in [0.15, 0.2) is 5.78 Å². The molecule has 2 nitrogen and oxygen atoms in total. The Labute approximate surface area is 186 Å². The first-order chi connectivity index (χ1) is 14.8. The highest BCUT2D eigenvalue weighted by Gasteiger charge is 2.56. The van der Waals surface area contributed by atoms with Gasteiger partial charge in [-0.2, -0.15) is 0 Å². The van der Waals surface area contributed by atoms with Crippen molar-refractivity contribution < 1.29 is 13.4 Å². The Kier molecular flexibility index (Phi) is 5.07. The second kappa shape index (κ2) is 7.53. The lowest BCUT2D eigenvalue weighted by Crippen LogP contribution is -2.46. The van der Waals surface area contributed by atoms with E-state index < -0.39 is 17.0 Å². The number of rotatable bonds is 2. The minimum absolute atomic E-state index is 0.0622. The van der Waals surface area contributed by atoms with Crippen LogP contribution in [0.1, 0.15) is 52.4 Å². The van der Waals surface area contributed by atoms with Gasteiger partial charge in [-0.3, -0.25) is 4.79 Å². The van der Waals surface area contributed by atoms with Gasteiger partial charge < -0.3 is 0 Å². The van der Waals surface area contributed by atoms with Crippen molar-refractivity contribution in [2.75, 3.05) is 0 Å². The highest BCUT2D eigenvalue weighted by atomic mass is 32.2. The third-order valence-electron chi connectivity index (χ3n) is 8.42. The lowest BCUT2D eigenvalue weighted by molar-refractivity contribution is -0.115.